The van der Waals surface area contributed by atoms with Crippen LogP contribution in [-0.4, -0.2) is 96.0 Å². The van der Waals surface area contributed by atoms with Crippen LogP contribution in [0.25, 0.3) is 0 Å². The molecule has 0 aromatic rings. The Bertz CT molecular complexity index is 140. The molecule has 198 valence electrons. The van der Waals surface area contributed by atoms with Gasteiger partial charge < -0.3 is 73.9 Å². The summed E-state index contributed by atoms with van der Waals surface area (Å²) in [5.41, 5.74) is 12.4. The van der Waals surface area contributed by atoms with E-state index in [1.54, 1.807) is 0 Å². The summed E-state index contributed by atoms with van der Waals surface area (Å²) in [7, 11) is 8.03. The van der Waals surface area contributed by atoms with Crippen LogP contribution in [0.1, 0.15) is 0 Å². The number of nitrogens with two attached hydrogens (primary N) is 2. The molecule has 0 rings (SSSR count). The van der Waals surface area contributed by atoms with E-state index in [1.807, 2.05) is 28.2 Å². The van der Waals surface area contributed by atoms with Crippen LogP contribution in [0.4, 0.5) is 0 Å². The zero-order valence-electron chi connectivity index (χ0n) is 16.2. The molecule has 18 nitrogen and oxygen atoms in total. The monoisotopic (exact) mass is 578 g/mol. The SMILES string of the molecule is CN(C)CCN.CN(C)CCN.O.O.[Ni+2].[Ni+2].[Ni].[O-]NO.[O-]NO.[O-]NO.[O-]NO. The molecule has 0 spiro atoms. The molecule has 0 aliphatic heterocycles. The number of rotatable bonds is 4. The third-order valence-electron chi connectivity index (χ3n) is 1.15. The third kappa shape index (κ3) is 451. The molecule has 0 amide bonds. The Kier molecular flexibility index (Phi) is 245. The molecule has 0 fully saturated rings. The molecule has 16 N–H and O–H groups in total. The molecule has 0 radical (unpaired) electrons. The zero-order chi connectivity index (χ0) is 20.8. The predicted octanol–water partition coefficient (Wildman–Crippen LogP) is -4.79. The van der Waals surface area contributed by atoms with Crippen molar-refractivity contribution in [1.29, 1.82) is 0 Å². The van der Waals surface area contributed by atoms with E-state index in [-0.39, 0.29) is 60.4 Å². The molecular weight excluding hydrogens is 544 g/mol. The van der Waals surface area contributed by atoms with Gasteiger partial charge in [0.15, 0.2) is 0 Å². The molecule has 0 unspecified atom stereocenters. The van der Waals surface area contributed by atoms with Gasteiger partial charge in [-0.05, 0) is 28.2 Å². The van der Waals surface area contributed by atoms with E-state index in [0.29, 0.717) is 22.6 Å². The standard InChI is InChI=1S/2C4H12N2.4H2NO2.3Ni.2H2O/c2*1-6(2)4-3-5;4*2-1-3;;;;;/h2*3-5H2,1-2H3;4*1-2H;;;;2*1H2/q;;4*-1;;2*+2;;. The maximum absolute atomic E-state index is 8.24. The molecule has 29 heavy (non-hydrogen) atoms. The van der Waals surface area contributed by atoms with Crippen LogP contribution in [0.5, 0.6) is 0 Å². The molecule has 21 heteroatoms. The van der Waals surface area contributed by atoms with Crippen molar-refractivity contribution in [3.63, 3.8) is 0 Å². The minimum Gasteiger partial charge on any atom is -0.765 e. The van der Waals surface area contributed by atoms with Crippen molar-refractivity contribution < 1.29 is 81.3 Å². The summed E-state index contributed by atoms with van der Waals surface area (Å²) in [6.07, 6.45) is 0. The summed E-state index contributed by atoms with van der Waals surface area (Å²) in [6.45, 7) is 3.49. The van der Waals surface area contributed by atoms with Crippen LogP contribution in [0.15, 0.2) is 0 Å². The van der Waals surface area contributed by atoms with Crippen molar-refractivity contribution in [2.24, 2.45) is 11.5 Å². The van der Waals surface area contributed by atoms with Gasteiger partial charge in [-0.3, -0.25) is 22.6 Å². The van der Waals surface area contributed by atoms with Gasteiger partial charge in [0.2, 0.25) is 0 Å². The van der Waals surface area contributed by atoms with Crippen molar-refractivity contribution >= 4 is 0 Å². The Balaban J connectivity index is -0.0000000148. The molecule has 0 aromatic heterocycles. The van der Waals surface area contributed by atoms with Gasteiger partial charge in [0.1, 0.15) is 0 Å². The Morgan fingerprint density at radius 3 is 0.724 bits per heavy atom. The van der Waals surface area contributed by atoms with Crippen molar-refractivity contribution in [2.75, 3.05) is 54.4 Å². The van der Waals surface area contributed by atoms with Crippen LogP contribution in [0.2, 0.25) is 0 Å². The van der Waals surface area contributed by atoms with E-state index in [1.165, 1.54) is 0 Å². The van der Waals surface area contributed by atoms with Gasteiger partial charge in [-0.1, -0.05) is 0 Å². The second-order valence-electron chi connectivity index (χ2n) is 3.55. The van der Waals surface area contributed by atoms with Crippen molar-refractivity contribution in [1.82, 2.24) is 32.4 Å². The van der Waals surface area contributed by atoms with Crippen LogP contribution in [0, 0.1) is 20.8 Å². The van der Waals surface area contributed by atoms with Crippen LogP contribution < -0.4 is 34.0 Å². The first kappa shape index (κ1) is 69.9. The Hall–Kier alpha value is 0.761. The second-order valence-corrected chi connectivity index (χ2v) is 3.55. The van der Waals surface area contributed by atoms with Gasteiger partial charge in [0.25, 0.3) is 0 Å². The van der Waals surface area contributed by atoms with Gasteiger partial charge in [-0.2, -0.15) is 0 Å². The van der Waals surface area contributed by atoms with Crippen LogP contribution >= 0.6 is 0 Å². The van der Waals surface area contributed by atoms with Gasteiger partial charge in [-0.25, -0.2) is 0 Å². The van der Waals surface area contributed by atoms with Gasteiger partial charge in [-0.15, -0.1) is 0 Å². The number of nitrogens with zero attached hydrogens (tertiary/aromatic N) is 2. The van der Waals surface area contributed by atoms with E-state index < -0.39 is 0 Å². The minimum absolute atomic E-state index is 0. The van der Waals surface area contributed by atoms with Crippen LogP contribution in [-0.2, 0) is 49.5 Å². The number of hydrogen-bond acceptors (Lipinski definition) is 16. The predicted molar refractivity (Wildman–Crippen MR) is 95.6 cm³/mol. The summed E-state index contributed by atoms with van der Waals surface area (Å²) in [5.74, 6) is 0. The topological polar surface area (TPSA) is 343 Å². The van der Waals surface area contributed by atoms with E-state index in [9.17, 15) is 0 Å². The molecule has 0 saturated carbocycles. The van der Waals surface area contributed by atoms with E-state index in [4.69, 9.17) is 53.1 Å². The number of likely N-dealkylation sites (N-methyl/N-ethyl adjacent to an activating group) is 2. The summed E-state index contributed by atoms with van der Waals surface area (Å²) in [5, 5.41) is 60.0. The maximum atomic E-state index is 8.24. The first-order valence-corrected chi connectivity index (χ1v) is 5.95. The number of nitrogens with one attached hydrogen (secondary N) is 4. The first-order chi connectivity index (χ1) is 11.2. The molecule has 0 aliphatic rings. The Morgan fingerprint density at radius 1 is 0.621 bits per heavy atom. The largest absolute Gasteiger partial charge is 2.00 e. The summed E-state index contributed by atoms with van der Waals surface area (Å²) in [6, 6.07) is 0. The third-order valence-corrected chi connectivity index (χ3v) is 1.15. The summed E-state index contributed by atoms with van der Waals surface area (Å²) in [4.78, 5) is 4.11. The van der Waals surface area contributed by atoms with Crippen LogP contribution in [0.3, 0.4) is 0 Å². The fourth-order valence-corrected chi connectivity index (χ4v) is 0.516. The average molecular weight is 581 g/mol. The minimum atomic E-state index is 0. The maximum Gasteiger partial charge on any atom is 2.00 e. The molecule has 0 bridgehead atoms. The number of hydrogen-bond donors (Lipinski definition) is 10. The Morgan fingerprint density at radius 2 is 0.724 bits per heavy atom. The van der Waals surface area contributed by atoms with Crippen molar-refractivity contribution in [3.8, 4) is 0 Å². The van der Waals surface area contributed by atoms with Gasteiger partial charge in [0.05, 0.1) is 0 Å². The van der Waals surface area contributed by atoms with Crippen molar-refractivity contribution in [2.45, 2.75) is 0 Å². The fourth-order valence-electron chi connectivity index (χ4n) is 0.516. The first-order valence-electron chi connectivity index (χ1n) is 5.95. The zero-order valence-corrected chi connectivity index (χ0v) is 19.2. The second kappa shape index (κ2) is 102. The smallest absolute Gasteiger partial charge is 0.765 e. The molecular formula is C8H36N8Ni3O10. The Labute approximate surface area is 200 Å². The van der Waals surface area contributed by atoms with E-state index in [0.717, 1.165) is 26.2 Å². The fraction of sp³-hybridized carbons (Fsp3) is 1.00. The molecule has 0 aliphatic carbocycles. The van der Waals surface area contributed by atoms with E-state index in [2.05, 4.69) is 9.80 Å². The molecule has 0 heterocycles. The average Bonchev–Trinajstić information content (AvgIpc) is 2.42. The van der Waals surface area contributed by atoms with Gasteiger partial charge in [0, 0.05) is 42.7 Å². The molecule has 0 saturated heterocycles. The molecule has 0 atom stereocenters. The quantitative estimate of drug-likeness (QED) is 0.110. The summed E-state index contributed by atoms with van der Waals surface area (Å²) < 4.78 is 0. The normalized spacial score (nSPS) is 6.62. The van der Waals surface area contributed by atoms with Gasteiger partial charge >= 0.3 is 33.0 Å². The van der Waals surface area contributed by atoms with E-state index >= 15 is 0 Å². The summed E-state index contributed by atoms with van der Waals surface area (Å²) >= 11 is 0. The van der Waals surface area contributed by atoms with Crippen molar-refractivity contribution in [3.05, 3.63) is 20.8 Å². The molecule has 0 aromatic carbocycles.